The lowest BCUT2D eigenvalue weighted by atomic mass is 10.2. The van der Waals surface area contributed by atoms with Crippen LogP contribution in [0.5, 0.6) is 5.75 Å². The molecule has 1 fully saturated rings. The molecule has 1 N–H and O–H groups in total. The molecule has 22 heavy (non-hydrogen) atoms. The highest BCUT2D eigenvalue weighted by molar-refractivity contribution is 9.10. The largest absolute Gasteiger partial charge is 0.481 e. The van der Waals surface area contributed by atoms with Gasteiger partial charge in [-0.3, -0.25) is 9.69 Å². The minimum Gasteiger partial charge on any atom is -0.481 e. The number of rotatable bonds is 5. The van der Waals surface area contributed by atoms with Gasteiger partial charge in [0.05, 0.1) is 4.91 Å². The third-order valence-electron chi connectivity index (χ3n) is 2.80. The average Bonchev–Trinajstić information content (AvgIpc) is 2.72. The number of carbonyl (C=O) groups is 2. The average molecular weight is 402 g/mol. The summed E-state index contributed by atoms with van der Waals surface area (Å²) in [5.74, 6) is -0.819. The Morgan fingerprint density at radius 2 is 2.27 bits per heavy atom. The zero-order chi connectivity index (χ0) is 16.3. The van der Waals surface area contributed by atoms with E-state index in [-0.39, 0.29) is 5.91 Å². The first kappa shape index (κ1) is 17.0. The Hall–Kier alpha value is -1.38. The molecule has 1 aliphatic heterocycles. The van der Waals surface area contributed by atoms with Gasteiger partial charge in [-0.15, -0.1) is 0 Å². The second-order valence-corrected chi connectivity index (χ2v) is 6.88. The number of thiocarbonyl (C=S) groups is 1. The van der Waals surface area contributed by atoms with Crippen LogP contribution in [-0.4, -0.2) is 39.4 Å². The lowest BCUT2D eigenvalue weighted by Gasteiger charge is -2.10. The van der Waals surface area contributed by atoms with Crippen LogP contribution in [0.25, 0.3) is 6.08 Å². The Balaban J connectivity index is 2.34. The SMILES string of the molecule is CCN1C(=O)/C(=C/c2cc(Br)ccc2OCC(=O)O)SC1=S. The van der Waals surface area contributed by atoms with Crippen LogP contribution < -0.4 is 4.74 Å². The summed E-state index contributed by atoms with van der Waals surface area (Å²) in [5.41, 5.74) is 0.618. The molecule has 1 aromatic rings. The number of benzene rings is 1. The normalized spacial score (nSPS) is 16.5. The minimum atomic E-state index is -1.06. The Labute approximate surface area is 145 Å². The third kappa shape index (κ3) is 3.88. The molecule has 1 heterocycles. The summed E-state index contributed by atoms with van der Waals surface area (Å²) in [4.78, 5) is 24.9. The van der Waals surface area contributed by atoms with Crippen molar-refractivity contribution in [3.05, 3.63) is 33.1 Å². The first-order valence-corrected chi connectivity index (χ1v) is 8.33. The molecule has 1 aliphatic rings. The van der Waals surface area contributed by atoms with Gasteiger partial charge in [-0.2, -0.15) is 0 Å². The van der Waals surface area contributed by atoms with Crippen LogP contribution >= 0.6 is 39.9 Å². The van der Waals surface area contributed by atoms with E-state index in [4.69, 9.17) is 22.1 Å². The van der Waals surface area contributed by atoms with Crippen LogP contribution in [0, 0.1) is 0 Å². The maximum absolute atomic E-state index is 12.2. The first-order chi connectivity index (χ1) is 10.4. The van der Waals surface area contributed by atoms with Gasteiger partial charge < -0.3 is 9.84 Å². The summed E-state index contributed by atoms with van der Waals surface area (Å²) in [6.45, 7) is 1.93. The summed E-state index contributed by atoms with van der Waals surface area (Å²) in [5, 5.41) is 8.72. The van der Waals surface area contributed by atoms with Gasteiger partial charge in [-0.1, -0.05) is 39.9 Å². The van der Waals surface area contributed by atoms with Crippen LogP contribution in [0.1, 0.15) is 12.5 Å². The van der Waals surface area contributed by atoms with Gasteiger partial charge in [-0.25, -0.2) is 4.79 Å². The number of hydrogen-bond donors (Lipinski definition) is 1. The predicted molar refractivity (Wildman–Crippen MR) is 92.8 cm³/mol. The Bertz CT molecular complexity index is 675. The number of hydrogen-bond acceptors (Lipinski definition) is 5. The van der Waals surface area contributed by atoms with Gasteiger partial charge in [0.15, 0.2) is 6.61 Å². The number of amides is 1. The van der Waals surface area contributed by atoms with Crippen molar-refractivity contribution in [2.45, 2.75) is 6.92 Å². The summed E-state index contributed by atoms with van der Waals surface area (Å²) >= 11 is 9.73. The van der Waals surface area contributed by atoms with E-state index in [0.717, 1.165) is 4.47 Å². The minimum absolute atomic E-state index is 0.151. The van der Waals surface area contributed by atoms with Crippen molar-refractivity contribution in [1.82, 2.24) is 4.90 Å². The van der Waals surface area contributed by atoms with Gasteiger partial charge in [0.1, 0.15) is 10.1 Å². The molecule has 1 amide bonds. The Kier molecular flexibility index (Phi) is 5.60. The number of carboxylic acids is 1. The molecule has 1 aromatic carbocycles. The lowest BCUT2D eigenvalue weighted by Crippen LogP contribution is -2.27. The van der Waals surface area contributed by atoms with Crippen LogP contribution in [0.3, 0.4) is 0 Å². The monoisotopic (exact) mass is 401 g/mol. The molecule has 2 rings (SSSR count). The number of carboxylic acid groups (broad SMARTS) is 1. The number of ether oxygens (including phenoxy) is 1. The number of nitrogens with zero attached hydrogens (tertiary/aromatic N) is 1. The van der Waals surface area contributed by atoms with E-state index in [1.807, 2.05) is 6.92 Å². The highest BCUT2D eigenvalue weighted by atomic mass is 79.9. The van der Waals surface area contributed by atoms with E-state index in [1.54, 1.807) is 24.3 Å². The molecule has 8 heteroatoms. The van der Waals surface area contributed by atoms with Crippen LogP contribution in [0.4, 0.5) is 0 Å². The summed E-state index contributed by atoms with van der Waals surface area (Å²) < 4.78 is 6.56. The second-order valence-electron chi connectivity index (χ2n) is 4.29. The molecule has 0 bridgehead atoms. The summed E-state index contributed by atoms with van der Waals surface area (Å²) in [6.07, 6.45) is 1.66. The van der Waals surface area contributed by atoms with Crippen LogP contribution in [-0.2, 0) is 9.59 Å². The summed E-state index contributed by atoms with van der Waals surface area (Å²) in [6, 6.07) is 5.15. The molecule has 116 valence electrons. The van der Waals surface area contributed by atoms with Crippen LogP contribution in [0.15, 0.2) is 27.6 Å². The van der Waals surface area contributed by atoms with Gasteiger partial charge in [0, 0.05) is 16.6 Å². The van der Waals surface area contributed by atoms with Gasteiger partial charge >= 0.3 is 5.97 Å². The molecule has 1 saturated heterocycles. The molecule has 0 radical (unpaired) electrons. The number of halogens is 1. The second kappa shape index (κ2) is 7.26. The highest BCUT2D eigenvalue weighted by Crippen LogP contribution is 2.34. The van der Waals surface area contributed by atoms with Crippen molar-refractivity contribution in [1.29, 1.82) is 0 Å². The van der Waals surface area contributed by atoms with E-state index < -0.39 is 12.6 Å². The molecular weight excluding hydrogens is 390 g/mol. The number of carbonyl (C=O) groups excluding carboxylic acids is 1. The van der Waals surface area contributed by atoms with Crippen molar-refractivity contribution in [3.8, 4) is 5.75 Å². The maximum atomic E-state index is 12.2. The smallest absolute Gasteiger partial charge is 0.341 e. The molecule has 0 spiro atoms. The Morgan fingerprint density at radius 1 is 1.55 bits per heavy atom. The lowest BCUT2D eigenvalue weighted by molar-refractivity contribution is -0.139. The van der Waals surface area contributed by atoms with Gasteiger partial charge in [-0.05, 0) is 31.2 Å². The van der Waals surface area contributed by atoms with Crippen molar-refractivity contribution in [2.75, 3.05) is 13.2 Å². The number of aliphatic carboxylic acids is 1. The van der Waals surface area contributed by atoms with Crippen LogP contribution in [0.2, 0.25) is 0 Å². The fourth-order valence-electron chi connectivity index (χ4n) is 1.82. The first-order valence-electron chi connectivity index (χ1n) is 6.32. The van der Waals surface area contributed by atoms with E-state index in [1.165, 1.54) is 16.7 Å². The number of likely N-dealkylation sites (N-methyl/N-ethyl adjacent to an activating group) is 1. The van der Waals surface area contributed by atoms with Crippen molar-refractivity contribution < 1.29 is 19.4 Å². The maximum Gasteiger partial charge on any atom is 0.341 e. The van der Waals surface area contributed by atoms with Crippen molar-refractivity contribution in [3.63, 3.8) is 0 Å². The third-order valence-corrected chi connectivity index (χ3v) is 4.67. The molecule has 0 unspecified atom stereocenters. The van der Waals surface area contributed by atoms with Gasteiger partial charge in [0.2, 0.25) is 0 Å². The zero-order valence-electron chi connectivity index (χ0n) is 11.5. The molecule has 0 saturated carbocycles. The fourth-order valence-corrected chi connectivity index (χ4v) is 3.57. The standard InChI is InChI=1S/C14H12BrNO4S2/c1-2-16-13(19)11(22-14(16)21)6-8-5-9(15)3-4-10(8)20-7-12(17)18/h3-6H,2,7H2,1H3,(H,17,18)/b11-6-. The summed E-state index contributed by atoms with van der Waals surface area (Å²) in [7, 11) is 0. The highest BCUT2D eigenvalue weighted by Gasteiger charge is 2.30. The predicted octanol–water partition coefficient (Wildman–Crippen LogP) is 3.13. The van der Waals surface area contributed by atoms with Crippen molar-refractivity contribution in [2.24, 2.45) is 0 Å². The molecular formula is C14H12BrNO4S2. The van der Waals surface area contributed by atoms with Gasteiger partial charge in [0.25, 0.3) is 5.91 Å². The van der Waals surface area contributed by atoms with E-state index in [2.05, 4.69) is 15.9 Å². The van der Waals surface area contributed by atoms with E-state index >= 15 is 0 Å². The molecule has 0 aliphatic carbocycles. The molecule has 0 aromatic heterocycles. The van der Waals surface area contributed by atoms with E-state index in [0.29, 0.717) is 27.1 Å². The quantitative estimate of drug-likeness (QED) is 0.603. The number of thioether (sulfide) groups is 1. The van der Waals surface area contributed by atoms with E-state index in [9.17, 15) is 9.59 Å². The topological polar surface area (TPSA) is 66.8 Å². The molecule has 5 nitrogen and oxygen atoms in total. The fraction of sp³-hybridized carbons (Fsp3) is 0.214. The zero-order valence-corrected chi connectivity index (χ0v) is 14.8. The Morgan fingerprint density at radius 3 is 2.86 bits per heavy atom. The molecule has 0 atom stereocenters. The van der Waals surface area contributed by atoms with Crippen molar-refractivity contribution >= 4 is 62.2 Å².